The molecule has 2 nitrogen and oxygen atoms in total. The van der Waals surface area contributed by atoms with Gasteiger partial charge in [0.05, 0.1) is 0 Å². The molecule has 0 bridgehead atoms. The fourth-order valence-corrected chi connectivity index (χ4v) is 6.30. The monoisotopic (exact) mass is 400 g/mol. The maximum atomic E-state index is 10.4. The van der Waals surface area contributed by atoms with Crippen LogP contribution >= 0.6 is 21.6 Å². The number of unbranched alkanes of at least 4 members (excludes halogenated alkanes) is 11. The number of aliphatic carboxylic acids is 1. The molecule has 152 valence electrons. The summed E-state index contributed by atoms with van der Waals surface area (Å²) in [5.74, 6) is 0.704. The summed E-state index contributed by atoms with van der Waals surface area (Å²) in [6.45, 7) is 0. The van der Waals surface area contributed by atoms with Crippen LogP contribution in [0.4, 0.5) is 0 Å². The van der Waals surface area contributed by atoms with Crippen LogP contribution in [0.2, 0.25) is 0 Å². The first-order valence-electron chi connectivity index (χ1n) is 10.9. The van der Waals surface area contributed by atoms with E-state index in [1.54, 1.807) is 0 Å². The summed E-state index contributed by atoms with van der Waals surface area (Å²) in [6, 6.07) is 0. The first-order valence-corrected chi connectivity index (χ1v) is 13.3. The van der Waals surface area contributed by atoms with Crippen molar-refractivity contribution in [2.45, 2.75) is 114 Å². The third kappa shape index (κ3) is 16.1. The molecule has 0 saturated carbocycles. The van der Waals surface area contributed by atoms with Crippen LogP contribution in [-0.2, 0) is 4.79 Å². The van der Waals surface area contributed by atoms with E-state index in [1.165, 1.54) is 95.6 Å². The van der Waals surface area contributed by atoms with Crippen molar-refractivity contribution in [3.63, 3.8) is 0 Å². The normalized spacial score (nSPS) is 17.8. The molecule has 0 amide bonds. The van der Waals surface area contributed by atoms with Crippen molar-refractivity contribution < 1.29 is 9.90 Å². The highest BCUT2D eigenvalue weighted by atomic mass is 33.1. The molecule has 1 fully saturated rings. The lowest BCUT2D eigenvalue weighted by Gasteiger charge is -2.19. The molecule has 0 aromatic carbocycles. The summed E-state index contributed by atoms with van der Waals surface area (Å²) in [5, 5.41) is 9.52. The first-order chi connectivity index (χ1) is 12.8. The van der Waals surface area contributed by atoms with Crippen molar-refractivity contribution in [3.05, 3.63) is 12.2 Å². The zero-order chi connectivity index (χ0) is 18.7. The van der Waals surface area contributed by atoms with E-state index >= 15 is 0 Å². The molecule has 0 radical (unpaired) electrons. The van der Waals surface area contributed by atoms with Crippen molar-refractivity contribution >= 4 is 27.6 Å². The van der Waals surface area contributed by atoms with Gasteiger partial charge in [-0.2, -0.15) is 0 Å². The quantitative estimate of drug-likeness (QED) is 0.152. The van der Waals surface area contributed by atoms with Gasteiger partial charge in [0.15, 0.2) is 0 Å². The topological polar surface area (TPSA) is 37.3 Å². The Labute approximate surface area is 169 Å². The zero-order valence-corrected chi connectivity index (χ0v) is 18.3. The van der Waals surface area contributed by atoms with E-state index in [-0.39, 0.29) is 0 Å². The molecule has 1 unspecified atom stereocenters. The second kappa shape index (κ2) is 18.3. The molecule has 1 rings (SSSR count). The highest BCUT2D eigenvalue weighted by molar-refractivity contribution is 8.77. The van der Waals surface area contributed by atoms with Gasteiger partial charge in [-0.05, 0) is 51.4 Å². The summed E-state index contributed by atoms with van der Waals surface area (Å²) < 4.78 is 0. The van der Waals surface area contributed by atoms with E-state index in [9.17, 15) is 4.79 Å². The van der Waals surface area contributed by atoms with Crippen LogP contribution in [0.15, 0.2) is 12.2 Å². The highest BCUT2D eigenvalue weighted by Crippen LogP contribution is 2.38. The molecule has 0 aromatic heterocycles. The smallest absolute Gasteiger partial charge is 0.303 e. The lowest BCUT2D eigenvalue weighted by Crippen LogP contribution is -2.05. The minimum Gasteiger partial charge on any atom is -0.481 e. The lowest BCUT2D eigenvalue weighted by atomic mass is 10.1. The molecular formula is C22H40O2S2. The molecule has 0 aliphatic carbocycles. The van der Waals surface area contributed by atoms with Crippen LogP contribution in [0, 0.1) is 0 Å². The maximum Gasteiger partial charge on any atom is 0.303 e. The van der Waals surface area contributed by atoms with E-state index in [4.69, 9.17) is 5.11 Å². The fourth-order valence-electron chi connectivity index (χ4n) is 3.40. The molecule has 1 heterocycles. The third-order valence-electron chi connectivity index (χ3n) is 5.03. The van der Waals surface area contributed by atoms with Gasteiger partial charge in [0.1, 0.15) is 0 Å². The van der Waals surface area contributed by atoms with Crippen LogP contribution in [0.3, 0.4) is 0 Å². The minimum absolute atomic E-state index is 0.332. The van der Waals surface area contributed by atoms with Crippen LogP contribution in [0.1, 0.15) is 109 Å². The molecular weight excluding hydrogens is 360 g/mol. The van der Waals surface area contributed by atoms with Gasteiger partial charge in [-0.3, -0.25) is 4.79 Å². The van der Waals surface area contributed by atoms with Crippen molar-refractivity contribution in [2.24, 2.45) is 0 Å². The molecule has 0 spiro atoms. The van der Waals surface area contributed by atoms with Crippen molar-refractivity contribution in [1.29, 1.82) is 0 Å². The largest absolute Gasteiger partial charge is 0.481 e. The van der Waals surface area contributed by atoms with Crippen molar-refractivity contribution in [2.75, 3.05) is 5.75 Å². The van der Waals surface area contributed by atoms with Gasteiger partial charge in [-0.15, -0.1) is 0 Å². The summed E-state index contributed by atoms with van der Waals surface area (Å²) in [7, 11) is 4.22. The molecule has 1 N–H and O–H groups in total. The van der Waals surface area contributed by atoms with Gasteiger partial charge in [0, 0.05) is 17.4 Å². The van der Waals surface area contributed by atoms with E-state index in [0.29, 0.717) is 6.42 Å². The average Bonchev–Trinajstić information content (AvgIpc) is 2.65. The summed E-state index contributed by atoms with van der Waals surface area (Å²) in [6.07, 6.45) is 25.8. The third-order valence-corrected chi connectivity index (χ3v) is 8.09. The lowest BCUT2D eigenvalue weighted by molar-refractivity contribution is -0.137. The molecule has 1 aliphatic rings. The number of carboxylic acid groups (broad SMARTS) is 1. The summed E-state index contributed by atoms with van der Waals surface area (Å²) >= 11 is 0. The summed E-state index contributed by atoms with van der Waals surface area (Å²) in [4.78, 5) is 10.4. The van der Waals surface area contributed by atoms with E-state index in [1.807, 2.05) is 0 Å². The second-order valence-electron chi connectivity index (χ2n) is 7.55. The molecule has 1 atom stereocenters. The predicted molar refractivity (Wildman–Crippen MR) is 119 cm³/mol. The van der Waals surface area contributed by atoms with Crippen LogP contribution < -0.4 is 0 Å². The maximum absolute atomic E-state index is 10.4. The highest BCUT2D eigenvalue weighted by Gasteiger charge is 2.13. The average molecular weight is 401 g/mol. The molecule has 1 saturated heterocycles. The molecule has 4 heteroatoms. The van der Waals surface area contributed by atoms with Crippen LogP contribution in [0.25, 0.3) is 0 Å². The first kappa shape index (κ1) is 23.9. The van der Waals surface area contributed by atoms with E-state index < -0.39 is 5.97 Å². The Bertz CT molecular complexity index is 352. The zero-order valence-electron chi connectivity index (χ0n) is 16.6. The van der Waals surface area contributed by atoms with Crippen molar-refractivity contribution in [1.82, 2.24) is 0 Å². The second-order valence-corrected chi connectivity index (χ2v) is 10.3. The molecule has 1 aliphatic heterocycles. The van der Waals surface area contributed by atoms with E-state index in [2.05, 4.69) is 33.7 Å². The van der Waals surface area contributed by atoms with Gasteiger partial charge in [-0.25, -0.2) is 0 Å². The SMILES string of the molecule is O=C(O)CCCCCCC/C=C/CCCCCCCCC1CCCSS1. The standard InChI is InChI=1S/C22H40O2S2/c23-22(24)19-15-13-11-9-7-5-3-1-2-4-6-8-10-12-14-17-21-18-16-20-25-26-21/h1,3,21H,2,4-20H2,(H,23,24)/b3-1+. The Morgan fingerprint density at radius 1 is 0.846 bits per heavy atom. The van der Waals surface area contributed by atoms with Gasteiger partial charge >= 0.3 is 5.97 Å². The number of hydrogen-bond donors (Lipinski definition) is 1. The molecule has 0 aromatic rings. The Morgan fingerprint density at radius 2 is 1.42 bits per heavy atom. The van der Waals surface area contributed by atoms with Gasteiger partial charge in [-0.1, -0.05) is 85.1 Å². The Morgan fingerprint density at radius 3 is 2.00 bits per heavy atom. The van der Waals surface area contributed by atoms with Gasteiger partial charge in [0.2, 0.25) is 0 Å². The van der Waals surface area contributed by atoms with Gasteiger partial charge in [0.25, 0.3) is 0 Å². The van der Waals surface area contributed by atoms with Crippen molar-refractivity contribution in [3.8, 4) is 0 Å². The Hall–Kier alpha value is -0.0900. The number of allylic oxidation sites excluding steroid dienone is 2. The minimum atomic E-state index is -0.661. The Kier molecular flexibility index (Phi) is 16.8. The number of carboxylic acids is 1. The number of rotatable bonds is 17. The number of carbonyl (C=O) groups is 1. The van der Waals surface area contributed by atoms with Crippen LogP contribution in [0.5, 0.6) is 0 Å². The summed E-state index contributed by atoms with van der Waals surface area (Å²) in [5.41, 5.74) is 0. The predicted octanol–water partition coefficient (Wildman–Crippen LogP) is 8.02. The fraction of sp³-hybridized carbons (Fsp3) is 0.864. The van der Waals surface area contributed by atoms with E-state index in [0.717, 1.165) is 18.1 Å². The number of hydrogen-bond acceptors (Lipinski definition) is 3. The Balaban J connectivity index is 1.72. The molecule has 26 heavy (non-hydrogen) atoms. The van der Waals surface area contributed by atoms with Crippen LogP contribution in [-0.4, -0.2) is 22.1 Å². The van der Waals surface area contributed by atoms with Gasteiger partial charge < -0.3 is 5.11 Å².